The summed E-state index contributed by atoms with van der Waals surface area (Å²) in [7, 11) is 0. The molecule has 82 valence electrons. The molecule has 0 radical (unpaired) electrons. The Bertz CT molecular complexity index is 323. The lowest BCUT2D eigenvalue weighted by Crippen LogP contribution is -2.30. The van der Waals surface area contributed by atoms with E-state index in [9.17, 15) is 4.79 Å². The molecule has 0 spiro atoms. The van der Waals surface area contributed by atoms with Crippen molar-refractivity contribution in [3.63, 3.8) is 0 Å². The lowest BCUT2D eigenvalue weighted by molar-refractivity contribution is 0.248. The molecule has 0 atom stereocenters. The molecule has 2 amide bonds. The molecule has 3 heteroatoms. The third-order valence-corrected chi connectivity index (χ3v) is 2.43. The molecule has 3 nitrogen and oxygen atoms in total. The highest BCUT2D eigenvalue weighted by molar-refractivity contribution is 5.71. The zero-order chi connectivity index (χ0) is 11.1. The third kappa shape index (κ3) is 4.49. The van der Waals surface area contributed by atoms with Crippen LogP contribution in [0.2, 0.25) is 0 Å². The Morgan fingerprint density at radius 1 is 1.33 bits per heavy atom. The van der Waals surface area contributed by atoms with Crippen LogP contribution in [0.25, 0.3) is 0 Å². The zero-order valence-corrected chi connectivity index (χ0v) is 9.12. The normalized spacial score (nSPS) is 9.93. The minimum absolute atomic E-state index is 0.439. The number of primary amides is 1. The van der Waals surface area contributed by atoms with E-state index in [1.54, 1.807) is 0 Å². The first kappa shape index (κ1) is 11.6. The van der Waals surface area contributed by atoms with Gasteiger partial charge in [-0.3, -0.25) is 0 Å². The Hall–Kier alpha value is -1.51. The van der Waals surface area contributed by atoms with Crippen molar-refractivity contribution >= 4 is 6.03 Å². The van der Waals surface area contributed by atoms with Crippen molar-refractivity contribution in [2.45, 2.75) is 26.2 Å². The summed E-state index contributed by atoms with van der Waals surface area (Å²) in [4.78, 5) is 10.4. The van der Waals surface area contributed by atoms with Crippen LogP contribution >= 0.6 is 0 Å². The summed E-state index contributed by atoms with van der Waals surface area (Å²) < 4.78 is 0. The van der Waals surface area contributed by atoms with Crippen LogP contribution in [0.4, 0.5) is 4.79 Å². The van der Waals surface area contributed by atoms with Gasteiger partial charge in [-0.1, -0.05) is 24.3 Å². The number of amides is 2. The number of rotatable bonds is 5. The Morgan fingerprint density at radius 2 is 2.07 bits per heavy atom. The molecule has 3 N–H and O–H groups in total. The molecule has 1 aromatic rings. The largest absolute Gasteiger partial charge is 0.352 e. The first-order chi connectivity index (χ1) is 7.20. The lowest BCUT2D eigenvalue weighted by Gasteiger charge is -2.05. The lowest BCUT2D eigenvalue weighted by atomic mass is 10.0. The van der Waals surface area contributed by atoms with Crippen molar-refractivity contribution in [1.82, 2.24) is 5.32 Å². The fourth-order valence-electron chi connectivity index (χ4n) is 1.54. The van der Waals surface area contributed by atoms with Gasteiger partial charge in [-0.15, -0.1) is 0 Å². The van der Waals surface area contributed by atoms with Gasteiger partial charge < -0.3 is 11.1 Å². The van der Waals surface area contributed by atoms with Gasteiger partial charge in [-0.2, -0.15) is 0 Å². The molecule has 1 aromatic carbocycles. The van der Waals surface area contributed by atoms with Crippen LogP contribution in [0, 0.1) is 6.92 Å². The number of nitrogens with one attached hydrogen (secondary N) is 1. The van der Waals surface area contributed by atoms with Crippen molar-refractivity contribution in [2.24, 2.45) is 5.73 Å². The molecule has 1 rings (SSSR count). The SMILES string of the molecule is Cc1ccccc1CCCCNC(N)=O. The van der Waals surface area contributed by atoms with E-state index in [2.05, 4.69) is 30.4 Å². The Kier molecular flexibility index (Phi) is 4.68. The summed E-state index contributed by atoms with van der Waals surface area (Å²) in [5, 5.41) is 2.59. The summed E-state index contributed by atoms with van der Waals surface area (Å²) in [6.45, 7) is 2.79. The van der Waals surface area contributed by atoms with Gasteiger partial charge in [-0.25, -0.2) is 4.79 Å². The van der Waals surface area contributed by atoms with Crippen LogP contribution in [0.15, 0.2) is 24.3 Å². The third-order valence-electron chi connectivity index (χ3n) is 2.43. The Morgan fingerprint density at radius 3 is 2.73 bits per heavy atom. The standard InChI is InChI=1S/C12H18N2O/c1-10-6-2-3-7-11(10)8-4-5-9-14-12(13)15/h2-3,6-7H,4-5,8-9H2,1H3,(H3,13,14,15). The fraction of sp³-hybridized carbons (Fsp3) is 0.417. The van der Waals surface area contributed by atoms with Crippen molar-refractivity contribution in [3.8, 4) is 0 Å². The quantitative estimate of drug-likeness (QED) is 0.711. The van der Waals surface area contributed by atoms with Crippen LogP contribution in [-0.4, -0.2) is 12.6 Å². The predicted molar refractivity (Wildman–Crippen MR) is 61.7 cm³/mol. The highest BCUT2D eigenvalue weighted by atomic mass is 16.2. The van der Waals surface area contributed by atoms with Gasteiger partial charge in [0, 0.05) is 6.54 Å². The van der Waals surface area contributed by atoms with E-state index in [4.69, 9.17) is 5.73 Å². The number of benzene rings is 1. The predicted octanol–water partition coefficient (Wildman–Crippen LogP) is 1.99. The van der Waals surface area contributed by atoms with E-state index in [0.717, 1.165) is 19.3 Å². The van der Waals surface area contributed by atoms with Gasteiger partial charge >= 0.3 is 6.03 Å². The summed E-state index contributed by atoms with van der Waals surface area (Å²) in [6, 6.07) is 7.94. The molecule has 0 saturated heterocycles. The van der Waals surface area contributed by atoms with Crippen LogP contribution in [0.5, 0.6) is 0 Å². The zero-order valence-electron chi connectivity index (χ0n) is 9.12. The maximum absolute atomic E-state index is 10.4. The summed E-state index contributed by atoms with van der Waals surface area (Å²) >= 11 is 0. The van der Waals surface area contributed by atoms with E-state index in [1.165, 1.54) is 11.1 Å². The average Bonchev–Trinajstić information content (AvgIpc) is 2.20. The monoisotopic (exact) mass is 206 g/mol. The highest BCUT2D eigenvalue weighted by Crippen LogP contribution is 2.10. The first-order valence-corrected chi connectivity index (χ1v) is 5.28. The maximum Gasteiger partial charge on any atom is 0.312 e. The number of aryl methyl sites for hydroxylation is 2. The summed E-state index contributed by atoms with van der Waals surface area (Å²) in [5.41, 5.74) is 7.68. The van der Waals surface area contributed by atoms with Crippen molar-refractivity contribution in [2.75, 3.05) is 6.54 Å². The highest BCUT2D eigenvalue weighted by Gasteiger charge is 1.97. The van der Waals surface area contributed by atoms with Crippen LogP contribution in [-0.2, 0) is 6.42 Å². The van der Waals surface area contributed by atoms with Crippen LogP contribution < -0.4 is 11.1 Å². The topological polar surface area (TPSA) is 55.1 Å². The first-order valence-electron chi connectivity index (χ1n) is 5.28. The van der Waals surface area contributed by atoms with Crippen molar-refractivity contribution in [3.05, 3.63) is 35.4 Å². The smallest absolute Gasteiger partial charge is 0.312 e. The number of carbonyl (C=O) groups excluding carboxylic acids is 1. The molecular weight excluding hydrogens is 188 g/mol. The van der Waals surface area contributed by atoms with Gasteiger partial charge in [0.2, 0.25) is 0 Å². The van der Waals surface area contributed by atoms with Gasteiger partial charge in [0.05, 0.1) is 0 Å². The van der Waals surface area contributed by atoms with Gasteiger partial charge in [0.25, 0.3) is 0 Å². The number of hydrogen-bond acceptors (Lipinski definition) is 1. The molecule has 15 heavy (non-hydrogen) atoms. The summed E-state index contributed by atoms with van der Waals surface area (Å²) in [5.74, 6) is 0. The Labute approximate surface area is 90.7 Å². The fourth-order valence-corrected chi connectivity index (χ4v) is 1.54. The van der Waals surface area contributed by atoms with Crippen LogP contribution in [0.1, 0.15) is 24.0 Å². The van der Waals surface area contributed by atoms with Gasteiger partial charge in [0.15, 0.2) is 0 Å². The van der Waals surface area contributed by atoms with E-state index in [1.807, 2.05) is 6.07 Å². The molecule has 0 bridgehead atoms. The molecule has 0 unspecified atom stereocenters. The summed E-state index contributed by atoms with van der Waals surface area (Å²) in [6.07, 6.45) is 3.11. The van der Waals surface area contributed by atoms with Crippen LogP contribution in [0.3, 0.4) is 0 Å². The molecule has 0 aliphatic carbocycles. The molecule has 0 aromatic heterocycles. The molecule has 0 aliphatic rings. The second-order valence-corrected chi connectivity index (χ2v) is 3.67. The van der Waals surface area contributed by atoms with E-state index in [-0.39, 0.29) is 0 Å². The number of unbranched alkanes of at least 4 members (excludes halogenated alkanes) is 1. The van der Waals surface area contributed by atoms with Crippen molar-refractivity contribution < 1.29 is 4.79 Å². The molecule has 0 heterocycles. The van der Waals surface area contributed by atoms with Gasteiger partial charge in [0.1, 0.15) is 0 Å². The Balaban J connectivity index is 2.21. The number of nitrogens with two attached hydrogens (primary N) is 1. The van der Waals surface area contributed by atoms with E-state index in [0.29, 0.717) is 6.54 Å². The second-order valence-electron chi connectivity index (χ2n) is 3.67. The molecule has 0 aliphatic heterocycles. The maximum atomic E-state index is 10.4. The average molecular weight is 206 g/mol. The molecular formula is C12H18N2O. The molecule has 0 fully saturated rings. The number of carbonyl (C=O) groups is 1. The van der Waals surface area contributed by atoms with Gasteiger partial charge in [-0.05, 0) is 37.3 Å². The number of hydrogen-bond donors (Lipinski definition) is 2. The second kappa shape index (κ2) is 6.06. The molecule has 0 saturated carbocycles. The van der Waals surface area contributed by atoms with E-state index >= 15 is 0 Å². The minimum Gasteiger partial charge on any atom is -0.352 e. The number of urea groups is 1. The van der Waals surface area contributed by atoms with Crippen molar-refractivity contribution in [1.29, 1.82) is 0 Å². The van der Waals surface area contributed by atoms with E-state index < -0.39 is 6.03 Å². The minimum atomic E-state index is -0.439.